The van der Waals surface area contributed by atoms with Crippen LogP contribution in [0.4, 0.5) is 19.3 Å². The normalized spacial score (nSPS) is 19.8. The molecule has 2 aromatic carbocycles. The maximum Gasteiger partial charge on any atom is 0.419 e. The largest absolute Gasteiger partial charge is 0.443 e. The highest BCUT2D eigenvalue weighted by atomic mass is 32.2. The number of halogens is 2. The molecule has 1 unspecified atom stereocenters. The van der Waals surface area contributed by atoms with Crippen LogP contribution in [0.3, 0.4) is 0 Å². The van der Waals surface area contributed by atoms with Crippen molar-refractivity contribution in [3.63, 3.8) is 0 Å². The summed E-state index contributed by atoms with van der Waals surface area (Å²) < 4.78 is 57.8. The second kappa shape index (κ2) is 8.57. The number of anilines is 1. The quantitative estimate of drug-likeness (QED) is 0.410. The molecular weight excluding hydrogens is 484 g/mol. The molecule has 0 amide bonds. The van der Waals surface area contributed by atoms with Gasteiger partial charge in [0.2, 0.25) is 0 Å². The zero-order chi connectivity index (χ0) is 25.9. The molecule has 0 bridgehead atoms. The number of rotatable bonds is 4. The number of alkyl halides is 2. The van der Waals surface area contributed by atoms with Crippen LogP contribution in [-0.2, 0) is 14.5 Å². The van der Waals surface area contributed by atoms with E-state index in [1.807, 2.05) is 24.3 Å². The first kappa shape index (κ1) is 24.7. The second-order valence-electron chi connectivity index (χ2n) is 10.8. The number of aromatic nitrogens is 1. The lowest BCUT2D eigenvalue weighted by atomic mass is 10.00. The highest BCUT2D eigenvalue weighted by molar-refractivity contribution is 7.93. The van der Waals surface area contributed by atoms with Crippen LogP contribution in [0.2, 0.25) is 0 Å². The van der Waals surface area contributed by atoms with Crippen LogP contribution in [0.15, 0.2) is 53.4 Å². The smallest absolute Gasteiger partial charge is 0.419 e. The number of ether oxygens (including phenoxy) is 1. The standard InChI is InChI=1S/C27H31F2N3O3S/c1-26(2,3)35-25(33)32-22-10-5-4-7-18(22)15-24(32)21-16-20(36(30,34)19-8-6-9-19)11-12-23(21)31-14-13-27(28,29)17-31/h4-5,7,10-12,15-16,19,30H,6,8-9,13-14,17H2,1-3H3. The van der Waals surface area contributed by atoms with Gasteiger partial charge in [0.25, 0.3) is 5.92 Å². The topological polar surface area (TPSA) is 75.4 Å². The molecule has 2 aliphatic rings. The van der Waals surface area contributed by atoms with Crippen molar-refractivity contribution in [2.45, 2.75) is 68.1 Å². The van der Waals surface area contributed by atoms with Crippen LogP contribution in [0, 0.1) is 4.78 Å². The van der Waals surface area contributed by atoms with E-state index in [-0.39, 0.29) is 18.2 Å². The van der Waals surface area contributed by atoms with E-state index in [2.05, 4.69) is 0 Å². The second-order valence-corrected chi connectivity index (χ2v) is 13.1. The molecule has 1 aliphatic carbocycles. The molecule has 36 heavy (non-hydrogen) atoms. The Morgan fingerprint density at radius 2 is 1.86 bits per heavy atom. The van der Waals surface area contributed by atoms with Crippen molar-refractivity contribution in [1.29, 1.82) is 4.78 Å². The van der Waals surface area contributed by atoms with Crippen molar-refractivity contribution >= 4 is 32.4 Å². The van der Waals surface area contributed by atoms with E-state index in [1.54, 1.807) is 49.9 Å². The van der Waals surface area contributed by atoms with Gasteiger partial charge in [-0.2, -0.15) is 0 Å². The van der Waals surface area contributed by atoms with Crippen LogP contribution < -0.4 is 4.90 Å². The van der Waals surface area contributed by atoms with Gasteiger partial charge in [0.1, 0.15) is 5.60 Å². The summed E-state index contributed by atoms with van der Waals surface area (Å²) >= 11 is 0. The van der Waals surface area contributed by atoms with Gasteiger partial charge in [-0.3, -0.25) is 0 Å². The Morgan fingerprint density at radius 3 is 2.47 bits per heavy atom. The summed E-state index contributed by atoms with van der Waals surface area (Å²) in [5.74, 6) is -2.82. The minimum atomic E-state index is -3.08. The zero-order valence-corrected chi connectivity index (χ0v) is 21.5. The van der Waals surface area contributed by atoms with Gasteiger partial charge < -0.3 is 9.64 Å². The number of carbonyl (C=O) groups is 1. The first-order valence-electron chi connectivity index (χ1n) is 12.2. The number of nitrogens with one attached hydrogen (secondary N) is 1. The number of fused-ring (bicyclic) bond motifs is 1. The van der Waals surface area contributed by atoms with E-state index in [4.69, 9.17) is 9.52 Å². The third kappa shape index (κ3) is 4.49. The van der Waals surface area contributed by atoms with Gasteiger partial charge in [0.15, 0.2) is 0 Å². The van der Waals surface area contributed by atoms with Crippen LogP contribution in [-0.4, -0.2) is 44.7 Å². The van der Waals surface area contributed by atoms with Crippen molar-refractivity contribution in [1.82, 2.24) is 4.57 Å². The lowest BCUT2D eigenvalue weighted by Crippen LogP contribution is -2.29. The fourth-order valence-electron chi connectivity index (χ4n) is 4.88. The molecule has 0 spiro atoms. The van der Waals surface area contributed by atoms with Crippen LogP contribution in [0.5, 0.6) is 0 Å². The summed E-state index contributed by atoms with van der Waals surface area (Å²) in [5.41, 5.74) is 1.34. The Balaban J connectivity index is 1.73. The maximum absolute atomic E-state index is 14.2. The monoisotopic (exact) mass is 515 g/mol. The molecule has 6 nitrogen and oxygen atoms in total. The number of carbonyl (C=O) groups excluding carboxylic acids is 1. The van der Waals surface area contributed by atoms with Crippen molar-refractivity contribution in [3.8, 4) is 11.3 Å². The van der Waals surface area contributed by atoms with E-state index in [1.165, 1.54) is 4.57 Å². The molecule has 192 valence electrons. The Bertz CT molecular complexity index is 1440. The Hall–Kier alpha value is -2.94. The lowest BCUT2D eigenvalue weighted by molar-refractivity contribution is 0.0257. The van der Waals surface area contributed by atoms with Gasteiger partial charge in [-0.15, -0.1) is 0 Å². The number of para-hydroxylation sites is 1. The summed E-state index contributed by atoms with van der Waals surface area (Å²) in [5, 5.41) is 0.566. The predicted molar refractivity (Wildman–Crippen MR) is 138 cm³/mol. The van der Waals surface area contributed by atoms with Crippen molar-refractivity contribution in [3.05, 3.63) is 48.5 Å². The van der Waals surface area contributed by atoms with Gasteiger partial charge in [0, 0.05) is 39.7 Å². The van der Waals surface area contributed by atoms with Gasteiger partial charge in [0.05, 0.1) is 27.5 Å². The summed E-state index contributed by atoms with van der Waals surface area (Å²) in [6.07, 6.45) is 1.56. The van der Waals surface area contributed by atoms with Crippen molar-refractivity contribution in [2.24, 2.45) is 0 Å². The highest BCUT2D eigenvalue weighted by Crippen LogP contribution is 2.42. The highest BCUT2D eigenvalue weighted by Gasteiger charge is 2.40. The van der Waals surface area contributed by atoms with E-state index >= 15 is 0 Å². The summed E-state index contributed by atoms with van der Waals surface area (Å²) in [6, 6.07) is 14.1. The number of benzene rings is 2. The molecule has 1 aliphatic heterocycles. The molecule has 3 aromatic rings. The van der Waals surface area contributed by atoms with Crippen molar-refractivity contribution < 1.29 is 22.5 Å². The molecule has 1 N–H and O–H groups in total. The van der Waals surface area contributed by atoms with E-state index in [0.29, 0.717) is 27.4 Å². The third-order valence-corrected chi connectivity index (χ3v) is 9.28. The fraction of sp³-hybridized carbons (Fsp3) is 0.444. The van der Waals surface area contributed by atoms with E-state index in [0.717, 1.165) is 24.6 Å². The Labute approximate surface area is 210 Å². The first-order valence-corrected chi connectivity index (χ1v) is 13.9. The molecule has 9 heteroatoms. The molecule has 1 saturated carbocycles. The molecular formula is C27H31F2N3O3S. The predicted octanol–water partition coefficient (Wildman–Crippen LogP) is 6.90. The number of hydrogen-bond acceptors (Lipinski definition) is 5. The molecule has 2 heterocycles. The van der Waals surface area contributed by atoms with Crippen LogP contribution >= 0.6 is 0 Å². The molecule has 1 aromatic heterocycles. The summed E-state index contributed by atoms with van der Waals surface area (Å²) in [6.45, 7) is 5.06. The molecule has 2 fully saturated rings. The minimum Gasteiger partial charge on any atom is -0.443 e. The fourth-order valence-corrected chi connectivity index (χ4v) is 6.82. The molecule has 0 radical (unpaired) electrons. The molecule has 5 rings (SSSR count). The first-order chi connectivity index (χ1) is 16.9. The van der Waals surface area contributed by atoms with Crippen molar-refractivity contribution in [2.75, 3.05) is 18.0 Å². The molecule has 1 atom stereocenters. The number of nitrogens with zero attached hydrogens (tertiary/aromatic N) is 2. The average Bonchev–Trinajstić information content (AvgIpc) is 3.30. The summed E-state index contributed by atoms with van der Waals surface area (Å²) in [7, 11) is -3.08. The third-order valence-electron chi connectivity index (χ3n) is 6.91. The maximum atomic E-state index is 14.2. The average molecular weight is 516 g/mol. The Morgan fingerprint density at radius 1 is 1.14 bits per heavy atom. The lowest BCUT2D eigenvalue weighted by Gasteiger charge is -2.29. The zero-order valence-electron chi connectivity index (χ0n) is 20.7. The van der Waals surface area contributed by atoms with Gasteiger partial charge in [-0.25, -0.2) is 27.1 Å². The van der Waals surface area contributed by atoms with Gasteiger partial charge in [-0.05, 0) is 63.9 Å². The van der Waals surface area contributed by atoms with E-state index in [9.17, 15) is 17.8 Å². The SMILES string of the molecule is CC(C)(C)OC(=O)n1c(-c2cc(S(=N)(=O)C3CCC3)ccc2N2CCC(F)(F)C2)cc2ccccc21. The molecule has 1 saturated heterocycles. The number of hydrogen-bond donors (Lipinski definition) is 1. The van der Waals surface area contributed by atoms with Gasteiger partial charge >= 0.3 is 6.09 Å². The van der Waals surface area contributed by atoms with E-state index < -0.39 is 33.9 Å². The van der Waals surface area contributed by atoms with Crippen LogP contribution in [0.1, 0.15) is 46.5 Å². The summed E-state index contributed by atoms with van der Waals surface area (Å²) in [4.78, 5) is 15.4. The van der Waals surface area contributed by atoms with Crippen LogP contribution in [0.25, 0.3) is 22.2 Å². The minimum absolute atomic E-state index is 0.158. The Kier molecular flexibility index (Phi) is 5.89. The van der Waals surface area contributed by atoms with Gasteiger partial charge in [-0.1, -0.05) is 24.6 Å².